The van der Waals surface area contributed by atoms with Gasteiger partial charge in [0.2, 0.25) is 0 Å². The Labute approximate surface area is 354 Å². The minimum Gasteiger partial charge on any atom is -0.309 e. The summed E-state index contributed by atoms with van der Waals surface area (Å²) < 4.78 is 2.43. The molecule has 0 fully saturated rings. The first-order valence-electron chi connectivity index (χ1n) is 20.6. The third-order valence-electron chi connectivity index (χ3n) is 11.4. The summed E-state index contributed by atoms with van der Waals surface area (Å²) in [4.78, 5) is 15.2. The van der Waals surface area contributed by atoms with Gasteiger partial charge in [0.25, 0.3) is 0 Å². The van der Waals surface area contributed by atoms with Crippen LogP contribution in [-0.2, 0) is 0 Å². The van der Waals surface area contributed by atoms with Crippen molar-refractivity contribution < 1.29 is 0 Å². The summed E-state index contributed by atoms with van der Waals surface area (Å²) in [5, 5.41) is 2.40. The van der Waals surface area contributed by atoms with Crippen molar-refractivity contribution in [2.75, 3.05) is 0 Å². The van der Waals surface area contributed by atoms with Gasteiger partial charge < -0.3 is 4.57 Å². The molecule has 9 aromatic carbocycles. The average molecular weight is 779 g/mol. The van der Waals surface area contributed by atoms with Crippen LogP contribution >= 0.6 is 0 Å². The first-order chi connectivity index (χ1) is 30.2. The average Bonchev–Trinajstić information content (AvgIpc) is 3.68. The van der Waals surface area contributed by atoms with Crippen LogP contribution in [0, 0.1) is 0 Å². The molecule has 0 unspecified atom stereocenters. The number of para-hydroxylation sites is 1. The van der Waals surface area contributed by atoms with E-state index >= 15 is 0 Å². The number of hydrogen-bond acceptors (Lipinski definition) is 3. The lowest BCUT2D eigenvalue weighted by atomic mass is 9.93. The van der Waals surface area contributed by atoms with Gasteiger partial charge in [-0.1, -0.05) is 182 Å². The highest BCUT2D eigenvalue weighted by Gasteiger charge is 2.20. The lowest BCUT2D eigenvalue weighted by Crippen LogP contribution is -2.02. The Bertz CT molecular complexity index is 3210. The number of benzene rings is 9. The first-order valence-corrected chi connectivity index (χ1v) is 20.6. The smallest absolute Gasteiger partial charge is 0.164 e. The molecule has 0 atom stereocenters. The lowest BCUT2D eigenvalue weighted by Gasteiger charge is -2.17. The van der Waals surface area contributed by atoms with E-state index in [-0.39, 0.29) is 0 Å². The maximum Gasteiger partial charge on any atom is 0.164 e. The Balaban J connectivity index is 1.12. The Kier molecular flexibility index (Phi) is 9.14. The lowest BCUT2D eigenvalue weighted by molar-refractivity contribution is 1.07. The fraction of sp³-hybridized carbons (Fsp3) is 0. The first kappa shape index (κ1) is 35.9. The van der Waals surface area contributed by atoms with E-state index in [0.29, 0.717) is 17.5 Å². The molecule has 11 aromatic rings. The maximum atomic E-state index is 5.10. The number of nitrogens with zero attached hydrogens (tertiary/aromatic N) is 4. The summed E-state index contributed by atoms with van der Waals surface area (Å²) in [6, 6.07) is 81.4. The summed E-state index contributed by atoms with van der Waals surface area (Å²) in [6.45, 7) is 0. The predicted molar refractivity (Wildman–Crippen MR) is 252 cm³/mol. The van der Waals surface area contributed by atoms with Gasteiger partial charge in [-0.15, -0.1) is 0 Å². The van der Waals surface area contributed by atoms with E-state index in [1.54, 1.807) is 0 Å². The van der Waals surface area contributed by atoms with Crippen LogP contribution < -0.4 is 0 Å². The van der Waals surface area contributed by atoms with Crippen molar-refractivity contribution in [2.45, 2.75) is 0 Å². The van der Waals surface area contributed by atoms with Gasteiger partial charge in [-0.05, 0) is 87.5 Å². The van der Waals surface area contributed by atoms with E-state index in [0.717, 1.165) is 55.7 Å². The maximum absolute atomic E-state index is 5.10. The zero-order valence-electron chi connectivity index (χ0n) is 33.2. The number of rotatable bonds is 8. The second kappa shape index (κ2) is 15.5. The molecule has 0 aliphatic rings. The van der Waals surface area contributed by atoms with Crippen molar-refractivity contribution in [1.29, 1.82) is 0 Å². The van der Waals surface area contributed by atoms with E-state index in [1.807, 2.05) is 60.7 Å². The summed E-state index contributed by atoms with van der Waals surface area (Å²) in [5.74, 6) is 1.89. The van der Waals surface area contributed by atoms with Gasteiger partial charge in [-0.2, -0.15) is 0 Å². The molecule has 61 heavy (non-hydrogen) atoms. The summed E-state index contributed by atoms with van der Waals surface area (Å²) in [7, 11) is 0. The molecule has 2 heterocycles. The molecule has 4 nitrogen and oxygen atoms in total. The predicted octanol–water partition coefficient (Wildman–Crippen LogP) is 14.6. The second-order valence-corrected chi connectivity index (χ2v) is 15.3. The van der Waals surface area contributed by atoms with E-state index in [2.05, 4.69) is 174 Å². The third-order valence-corrected chi connectivity index (χ3v) is 11.4. The van der Waals surface area contributed by atoms with Gasteiger partial charge in [0.1, 0.15) is 0 Å². The zero-order valence-corrected chi connectivity index (χ0v) is 33.2. The van der Waals surface area contributed by atoms with Crippen molar-refractivity contribution in [1.82, 2.24) is 19.5 Å². The van der Waals surface area contributed by atoms with E-state index in [9.17, 15) is 0 Å². The van der Waals surface area contributed by atoms with Gasteiger partial charge in [0.05, 0.1) is 16.7 Å². The molecular weight excluding hydrogens is 741 g/mol. The van der Waals surface area contributed by atoms with E-state index in [4.69, 9.17) is 15.0 Å². The van der Waals surface area contributed by atoms with Gasteiger partial charge in [0, 0.05) is 33.0 Å². The minimum absolute atomic E-state index is 0.619. The van der Waals surface area contributed by atoms with Crippen molar-refractivity contribution in [3.05, 3.63) is 231 Å². The highest BCUT2D eigenvalue weighted by molar-refractivity contribution is 6.11. The van der Waals surface area contributed by atoms with Crippen LogP contribution in [0.2, 0.25) is 0 Å². The molecule has 0 aliphatic carbocycles. The Hall–Kier alpha value is -8.21. The van der Waals surface area contributed by atoms with E-state index < -0.39 is 0 Å². The third kappa shape index (κ3) is 6.86. The minimum atomic E-state index is 0.619. The van der Waals surface area contributed by atoms with Crippen LogP contribution in [0.1, 0.15) is 0 Å². The highest BCUT2D eigenvalue weighted by Crippen LogP contribution is 2.41. The van der Waals surface area contributed by atoms with Crippen LogP contribution in [0.5, 0.6) is 0 Å². The monoisotopic (exact) mass is 778 g/mol. The fourth-order valence-electron chi connectivity index (χ4n) is 8.46. The van der Waals surface area contributed by atoms with Crippen molar-refractivity contribution in [2.24, 2.45) is 0 Å². The molecule has 286 valence electrons. The molecule has 0 amide bonds. The normalized spacial score (nSPS) is 11.3. The number of fused-ring (bicyclic) bond motifs is 3. The van der Waals surface area contributed by atoms with Gasteiger partial charge >= 0.3 is 0 Å². The molecule has 11 rings (SSSR count). The molecule has 0 saturated carbocycles. The van der Waals surface area contributed by atoms with Crippen molar-refractivity contribution >= 4 is 21.8 Å². The van der Waals surface area contributed by atoms with Gasteiger partial charge in [0.15, 0.2) is 17.5 Å². The fourth-order valence-corrected chi connectivity index (χ4v) is 8.46. The van der Waals surface area contributed by atoms with Crippen LogP contribution in [0.4, 0.5) is 0 Å². The molecule has 0 aliphatic heterocycles. The van der Waals surface area contributed by atoms with Gasteiger partial charge in [-0.3, -0.25) is 0 Å². The molecule has 0 spiro atoms. The van der Waals surface area contributed by atoms with Crippen LogP contribution in [0.25, 0.3) is 106 Å². The SMILES string of the molecule is c1ccc(-c2cc(-c3ccccc3)cc(-c3ccc4c5ccccc5n(-c5ccc(-c6nc(-c7ccccc7)nc(-c7ccccc7)n6)cc5-c5ccccc5)c4c3)c2)cc1. The molecule has 0 radical (unpaired) electrons. The van der Waals surface area contributed by atoms with E-state index in [1.165, 1.54) is 33.0 Å². The van der Waals surface area contributed by atoms with Crippen molar-refractivity contribution in [3.8, 4) is 84.4 Å². The molecule has 4 heteroatoms. The van der Waals surface area contributed by atoms with Crippen LogP contribution in [0.3, 0.4) is 0 Å². The molecule has 0 bridgehead atoms. The Morgan fingerprint density at radius 1 is 0.246 bits per heavy atom. The highest BCUT2D eigenvalue weighted by atomic mass is 15.0. The number of hydrogen-bond donors (Lipinski definition) is 0. The van der Waals surface area contributed by atoms with Gasteiger partial charge in [-0.25, -0.2) is 15.0 Å². The topological polar surface area (TPSA) is 43.6 Å². The van der Waals surface area contributed by atoms with Crippen molar-refractivity contribution in [3.63, 3.8) is 0 Å². The quantitative estimate of drug-likeness (QED) is 0.154. The largest absolute Gasteiger partial charge is 0.309 e. The van der Waals surface area contributed by atoms with Crippen LogP contribution in [0.15, 0.2) is 231 Å². The summed E-state index contributed by atoms with van der Waals surface area (Å²) in [5.41, 5.74) is 15.4. The molecule has 0 N–H and O–H groups in total. The van der Waals surface area contributed by atoms with Crippen LogP contribution in [-0.4, -0.2) is 19.5 Å². The Morgan fingerprint density at radius 3 is 1.20 bits per heavy atom. The summed E-state index contributed by atoms with van der Waals surface area (Å²) >= 11 is 0. The molecular formula is C57H38N4. The Morgan fingerprint density at radius 2 is 0.656 bits per heavy atom. The zero-order chi connectivity index (χ0) is 40.5. The molecule has 0 saturated heterocycles. The summed E-state index contributed by atoms with van der Waals surface area (Å²) in [6.07, 6.45) is 0. The second-order valence-electron chi connectivity index (χ2n) is 15.3. The number of aromatic nitrogens is 4. The molecule has 2 aromatic heterocycles. The standard InChI is InChI=1S/C57H38N4/c1-6-18-39(19-7-1)46-34-47(40-20-8-2-9-21-40)36-48(35-46)44-30-32-50-49-28-16-17-29-52(49)61(54(50)38-44)53-33-31-45(37-51(53)41-22-10-3-11-23-41)57-59-55(42-24-12-4-13-25-42)58-56(60-57)43-26-14-5-15-27-43/h1-38H.